The molecule has 1 aliphatic rings. The fourth-order valence-corrected chi connectivity index (χ4v) is 3.26. The van der Waals surface area contributed by atoms with E-state index >= 15 is 0 Å². The summed E-state index contributed by atoms with van der Waals surface area (Å²) in [6, 6.07) is 3.49. The number of nitrogens with one attached hydrogen (secondary N) is 1. The van der Waals surface area contributed by atoms with Crippen molar-refractivity contribution in [3.63, 3.8) is 0 Å². The summed E-state index contributed by atoms with van der Waals surface area (Å²) in [4.78, 5) is 14.0. The van der Waals surface area contributed by atoms with Crippen molar-refractivity contribution in [2.24, 2.45) is 5.92 Å². The Bertz CT molecular complexity index is 560. The van der Waals surface area contributed by atoms with E-state index in [4.69, 9.17) is 0 Å². The largest absolute Gasteiger partial charge is 0.396 e. The zero-order chi connectivity index (χ0) is 17.7. The van der Waals surface area contributed by atoms with Gasteiger partial charge in [0, 0.05) is 38.2 Å². The molecule has 0 aromatic heterocycles. The van der Waals surface area contributed by atoms with E-state index in [-0.39, 0.29) is 31.1 Å². The first kappa shape index (κ1) is 18.6. The summed E-state index contributed by atoms with van der Waals surface area (Å²) in [5.41, 5.74) is 0.391. The van der Waals surface area contributed by atoms with Crippen LogP contribution in [0.5, 0.6) is 0 Å². The summed E-state index contributed by atoms with van der Waals surface area (Å²) in [5.74, 6) is -1.09. The average Bonchev–Trinajstić information content (AvgIpc) is 2.58. The number of benzene rings is 1. The van der Waals surface area contributed by atoms with E-state index in [0.717, 1.165) is 31.7 Å². The molecule has 4 nitrogen and oxygen atoms in total. The van der Waals surface area contributed by atoms with Crippen molar-refractivity contribution in [1.29, 1.82) is 0 Å². The Morgan fingerprint density at radius 3 is 2.58 bits per heavy atom. The highest BCUT2D eigenvalue weighted by Crippen LogP contribution is 2.26. The number of halogens is 2. The molecule has 0 spiro atoms. The summed E-state index contributed by atoms with van der Waals surface area (Å²) in [7, 11) is 1.77. The van der Waals surface area contributed by atoms with Gasteiger partial charge in [0.25, 0.3) is 0 Å². The molecule has 1 atom stereocenters. The van der Waals surface area contributed by atoms with E-state index in [1.165, 1.54) is 12.1 Å². The minimum Gasteiger partial charge on any atom is -0.396 e. The van der Waals surface area contributed by atoms with Gasteiger partial charge in [-0.25, -0.2) is 13.6 Å². The first-order chi connectivity index (χ1) is 11.4. The minimum absolute atomic E-state index is 0.172. The van der Waals surface area contributed by atoms with Gasteiger partial charge in [0.15, 0.2) is 0 Å². The van der Waals surface area contributed by atoms with Crippen molar-refractivity contribution in [1.82, 2.24) is 10.2 Å². The molecule has 0 heterocycles. The van der Waals surface area contributed by atoms with Crippen molar-refractivity contribution in [3.8, 4) is 0 Å². The van der Waals surface area contributed by atoms with Gasteiger partial charge in [0.05, 0.1) is 0 Å². The highest BCUT2D eigenvalue weighted by Gasteiger charge is 2.26. The fourth-order valence-electron chi connectivity index (χ4n) is 3.26. The first-order valence-corrected chi connectivity index (χ1v) is 8.48. The van der Waals surface area contributed by atoms with Crippen LogP contribution in [0.15, 0.2) is 18.2 Å². The molecule has 1 aromatic carbocycles. The maximum atomic E-state index is 13.8. The maximum Gasteiger partial charge on any atom is 0.317 e. The summed E-state index contributed by atoms with van der Waals surface area (Å²) in [6.45, 7) is 2.30. The van der Waals surface area contributed by atoms with Crippen molar-refractivity contribution < 1.29 is 18.7 Å². The zero-order valence-electron chi connectivity index (χ0n) is 14.3. The quantitative estimate of drug-likeness (QED) is 0.864. The highest BCUT2D eigenvalue weighted by molar-refractivity contribution is 5.74. The van der Waals surface area contributed by atoms with Crippen molar-refractivity contribution in [2.45, 2.75) is 44.6 Å². The van der Waals surface area contributed by atoms with Gasteiger partial charge >= 0.3 is 6.03 Å². The summed E-state index contributed by atoms with van der Waals surface area (Å²) in [5, 5.41) is 12.0. The number of hydrogen-bond acceptors (Lipinski definition) is 2. The molecule has 6 heteroatoms. The second-order valence-electron chi connectivity index (χ2n) is 6.72. The fraction of sp³-hybridized carbons (Fsp3) is 0.611. The number of aliphatic hydroxyl groups is 1. The molecule has 134 valence electrons. The topological polar surface area (TPSA) is 52.6 Å². The van der Waals surface area contributed by atoms with Crippen LogP contribution in [-0.4, -0.2) is 42.3 Å². The Hall–Kier alpha value is -1.69. The van der Waals surface area contributed by atoms with Gasteiger partial charge in [-0.2, -0.15) is 0 Å². The number of amides is 2. The van der Waals surface area contributed by atoms with Crippen LogP contribution in [0.4, 0.5) is 13.6 Å². The molecule has 1 unspecified atom stereocenters. The lowest BCUT2D eigenvalue weighted by Crippen LogP contribution is -2.46. The van der Waals surface area contributed by atoms with E-state index in [1.54, 1.807) is 18.9 Å². The van der Waals surface area contributed by atoms with Gasteiger partial charge in [-0.15, -0.1) is 0 Å². The Morgan fingerprint density at radius 1 is 1.33 bits per heavy atom. The van der Waals surface area contributed by atoms with Crippen LogP contribution in [0.25, 0.3) is 0 Å². The minimum atomic E-state index is -0.606. The van der Waals surface area contributed by atoms with Crippen LogP contribution in [-0.2, 0) is 0 Å². The van der Waals surface area contributed by atoms with Crippen LogP contribution in [0.3, 0.4) is 0 Å². The number of urea groups is 1. The lowest BCUT2D eigenvalue weighted by Gasteiger charge is -2.34. The Balaban J connectivity index is 1.83. The molecule has 1 saturated carbocycles. The number of carbonyl (C=O) groups is 1. The lowest BCUT2D eigenvalue weighted by molar-refractivity contribution is 0.134. The second kappa shape index (κ2) is 8.42. The molecule has 0 saturated heterocycles. The average molecular weight is 340 g/mol. The summed E-state index contributed by atoms with van der Waals surface area (Å²) < 4.78 is 26.7. The molecule has 2 N–H and O–H groups in total. The third kappa shape index (κ3) is 4.66. The van der Waals surface area contributed by atoms with E-state index in [0.29, 0.717) is 11.5 Å². The van der Waals surface area contributed by atoms with Crippen LogP contribution >= 0.6 is 0 Å². The van der Waals surface area contributed by atoms with E-state index in [2.05, 4.69) is 5.32 Å². The van der Waals surface area contributed by atoms with Gasteiger partial charge in [0.1, 0.15) is 11.6 Å². The van der Waals surface area contributed by atoms with E-state index in [1.807, 2.05) is 0 Å². The number of rotatable bonds is 5. The molecule has 1 fully saturated rings. The molecule has 2 rings (SSSR count). The van der Waals surface area contributed by atoms with Gasteiger partial charge < -0.3 is 15.3 Å². The Morgan fingerprint density at radius 2 is 2.00 bits per heavy atom. The second-order valence-corrected chi connectivity index (χ2v) is 6.72. The molecular weight excluding hydrogens is 314 g/mol. The normalized spacial score (nSPS) is 22.0. The van der Waals surface area contributed by atoms with Crippen LogP contribution in [0.2, 0.25) is 0 Å². The summed E-state index contributed by atoms with van der Waals surface area (Å²) >= 11 is 0. The van der Waals surface area contributed by atoms with E-state index in [9.17, 15) is 18.7 Å². The van der Waals surface area contributed by atoms with Crippen molar-refractivity contribution in [3.05, 3.63) is 35.4 Å². The molecule has 0 radical (unpaired) electrons. The predicted molar refractivity (Wildman–Crippen MR) is 88.8 cm³/mol. The molecular formula is C18H26F2N2O2. The third-order valence-electron chi connectivity index (χ3n) is 5.00. The van der Waals surface area contributed by atoms with Gasteiger partial charge in [-0.05, 0) is 43.2 Å². The molecule has 2 amide bonds. The van der Waals surface area contributed by atoms with Gasteiger partial charge in [-0.1, -0.05) is 13.0 Å². The number of nitrogens with zero attached hydrogens (tertiary/aromatic N) is 1. The highest BCUT2D eigenvalue weighted by atomic mass is 19.1. The Kier molecular flexibility index (Phi) is 6.54. The molecule has 1 aliphatic carbocycles. The summed E-state index contributed by atoms with van der Waals surface area (Å²) in [6.07, 6.45) is 3.63. The predicted octanol–water partition coefficient (Wildman–Crippen LogP) is 3.26. The van der Waals surface area contributed by atoms with Crippen LogP contribution in [0.1, 0.15) is 44.1 Å². The number of hydrogen-bond donors (Lipinski definition) is 2. The van der Waals surface area contributed by atoms with Crippen LogP contribution in [0, 0.1) is 17.6 Å². The van der Waals surface area contributed by atoms with Gasteiger partial charge in [-0.3, -0.25) is 0 Å². The standard InChI is InChI=1S/C18H26F2N2O2/c1-12(16-8-5-14(19)9-17(16)20)10-21-18(24)22(2)15-6-3-13(11-23)4-7-15/h5,8-9,12-13,15,23H,3-4,6-7,10-11H2,1-2H3,(H,21,24). The van der Waals surface area contributed by atoms with Gasteiger partial charge in [0.2, 0.25) is 0 Å². The molecule has 24 heavy (non-hydrogen) atoms. The van der Waals surface area contributed by atoms with Crippen molar-refractivity contribution >= 4 is 6.03 Å². The number of aliphatic hydroxyl groups excluding tert-OH is 1. The smallest absolute Gasteiger partial charge is 0.317 e. The molecule has 0 aliphatic heterocycles. The van der Waals surface area contributed by atoms with E-state index < -0.39 is 11.6 Å². The number of carbonyl (C=O) groups excluding carboxylic acids is 1. The lowest BCUT2D eigenvalue weighted by atomic mass is 9.86. The maximum absolute atomic E-state index is 13.8. The third-order valence-corrected chi connectivity index (χ3v) is 5.00. The first-order valence-electron chi connectivity index (χ1n) is 8.48. The molecule has 0 bridgehead atoms. The SMILES string of the molecule is CC(CNC(=O)N(C)C1CCC(CO)CC1)c1ccc(F)cc1F. The monoisotopic (exact) mass is 340 g/mol. The molecule has 1 aromatic rings. The van der Waals surface area contributed by atoms with Crippen LogP contribution < -0.4 is 5.32 Å². The van der Waals surface area contributed by atoms with Crippen molar-refractivity contribution in [2.75, 3.05) is 20.2 Å². The zero-order valence-corrected chi connectivity index (χ0v) is 14.3. The Labute approximate surface area is 141 Å².